The fraction of sp³-hybridized carbons (Fsp3) is 0.625. The molecule has 1 aromatic carbocycles. The minimum atomic E-state index is -4.33. The van der Waals surface area contributed by atoms with E-state index in [0.29, 0.717) is 12.0 Å². The SMILES string of the molecule is Nc1cc(C(F)(F)F)ccc1N1CCC[C@@H]2CCCC[C@H]21. The van der Waals surface area contributed by atoms with E-state index in [1.54, 1.807) is 6.07 Å². The minimum Gasteiger partial charge on any atom is -0.397 e. The average Bonchev–Trinajstić information content (AvgIpc) is 2.46. The number of halogens is 3. The predicted octanol–water partition coefficient (Wildman–Crippen LogP) is 4.45. The van der Waals surface area contributed by atoms with E-state index in [-0.39, 0.29) is 5.69 Å². The number of nitrogen functional groups attached to an aromatic ring is 1. The molecule has 1 aliphatic carbocycles. The van der Waals surface area contributed by atoms with Crippen LogP contribution in [0.2, 0.25) is 0 Å². The van der Waals surface area contributed by atoms with Crippen molar-refractivity contribution in [2.45, 2.75) is 50.7 Å². The van der Waals surface area contributed by atoms with Crippen LogP contribution in [0.15, 0.2) is 18.2 Å². The van der Waals surface area contributed by atoms with Crippen LogP contribution in [0.3, 0.4) is 0 Å². The van der Waals surface area contributed by atoms with E-state index in [1.165, 1.54) is 25.7 Å². The van der Waals surface area contributed by atoms with Gasteiger partial charge in [0.1, 0.15) is 0 Å². The highest BCUT2D eigenvalue weighted by molar-refractivity contribution is 5.69. The van der Waals surface area contributed by atoms with Crippen molar-refractivity contribution in [2.75, 3.05) is 17.2 Å². The van der Waals surface area contributed by atoms with E-state index in [0.717, 1.165) is 37.2 Å². The van der Waals surface area contributed by atoms with Gasteiger partial charge in [-0.3, -0.25) is 0 Å². The van der Waals surface area contributed by atoms with Gasteiger partial charge in [-0.25, -0.2) is 0 Å². The number of hydrogen-bond donors (Lipinski definition) is 1. The normalized spacial score (nSPS) is 26.5. The average molecular weight is 298 g/mol. The molecule has 21 heavy (non-hydrogen) atoms. The lowest BCUT2D eigenvalue weighted by atomic mass is 9.78. The molecule has 1 aliphatic heterocycles. The van der Waals surface area contributed by atoms with Gasteiger partial charge < -0.3 is 10.6 Å². The Morgan fingerprint density at radius 3 is 2.48 bits per heavy atom. The lowest BCUT2D eigenvalue weighted by Gasteiger charge is -2.45. The summed E-state index contributed by atoms with van der Waals surface area (Å²) < 4.78 is 38.2. The molecule has 2 fully saturated rings. The lowest BCUT2D eigenvalue weighted by molar-refractivity contribution is -0.137. The second-order valence-electron chi connectivity index (χ2n) is 6.22. The highest BCUT2D eigenvalue weighted by Gasteiger charge is 2.35. The maximum atomic E-state index is 12.7. The summed E-state index contributed by atoms with van der Waals surface area (Å²) in [5.41, 5.74) is 6.29. The zero-order chi connectivity index (χ0) is 15.0. The van der Waals surface area contributed by atoms with Crippen molar-refractivity contribution in [3.8, 4) is 0 Å². The summed E-state index contributed by atoms with van der Waals surface area (Å²) in [5, 5.41) is 0. The predicted molar refractivity (Wildman–Crippen MR) is 78.2 cm³/mol. The molecule has 3 rings (SSSR count). The smallest absolute Gasteiger partial charge is 0.397 e. The second kappa shape index (κ2) is 5.43. The van der Waals surface area contributed by atoms with Crippen molar-refractivity contribution in [3.63, 3.8) is 0 Å². The number of rotatable bonds is 1. The fourth-order valence-electron chi connectivity index (χ4n) is 3.92. The van der Waals surface area contributed by atoms with Crippen LogP contribution >= 0.6 is 0 Å². The molecule has 2 aliphatic rings. The molecule has 0 aromatic heterocycles. The summed E-state index contributed by atoms with van der Waals surface area (Å²) in [5.74, 6) is 0.675. The molecule has 0 bridgehead atoms. The van der Waals surface area contributed by atoms with Gasteiger partial charge in [0, 0.05) is 12.6 Å². The third-order valence-electron chi connectivity index (χ3n) is 4.91. The number of piperidine rings is 1. The Balaban J connectivity index is 1.88. The van der Waals surface area contributed by atoms with E-state index in [2.05, 4.69) is 4.90 Å². The van der Waals surface area contributed by atoms with Crippen molar-refractivity contribution < 1.29 is 13.2 Å². The number of fused-ring (bicyclic) bond motifs is 1. The maximum Gasteiger partial charge on any atom is 0.416 e. The van der Waals surface area contributed by atoms with Gasteiger partial charge in [0.25, 0.3) is 0 Å². The summed E-state index contributed by atoms with van der Waals surface area (Å²) in [6.07, 6.45) is 2.85. The topological polar surface area (TPSA) is 29.3 Å². The van der Waals surface area contributed by atoms with Crippen molar-refractivity contribution in [3.05, 3.63) is 23.8 Å². The van der Waals surface area contributed by atoms with Crippen molar-refractivity contribution in [1.29, 1.82) is 0 Å². The molecule has 0 unspecified atom stereocenters. The largest absolute Gasteiger partial charge is 0.416 e. The molecular formula is C16H21F3N2. The van der Waals surface area contributed by atoms with Gasteiger partial charge in [-0.15, -0.1) is 0 Å². The van der Waals surface area contributed by atoms with E-state index >= 15 is 0 Å². The molecule has 0 radical (unpaired) electrons. The molecular weight excluding hydrogens is 277 g/mol. The van der Waals surface area contributed by atoms with Gasteiger partial charge in [0.2, 0.25) is 0 Å². The third kappa shape index (κ3) is 2.83. The van der Waals surface area contributed by atoms with E-state index in [1.807, 2.05) is 0 Å². The number of nitrogens with zero attached hydrogens (tertiary/aromatic N) is 1. The Kier molecular flexibility index (Phi) is 3.76. The maximum absolute atomic E-state index is 12.7. The standard InChI is InChI=1S/C16H21F3N2/c17-16(18,19)12-7-8-15(13(20)10-12)21-9-3-5-11-4-1-2-6-14(11)21/h7-8,10-11,14H,1-6,9,20H2/t11-,14+/m0/s1. The molecule has 0 amide bonds. The van der Waals surface area contributed by atoms with Crippen LogP contribution in [-0.4, -0.2) is 12.6 Å². The van der Waals surface area contributed by atoms with Crippen molar-refractivity contribution in [1.82, 2.24) is 0 Å². The van der Waals surface area contributed by atoms with Crippen molar-refractivity contribution in [2.24, 2.45) is 5.92 Å². The Hall–Kier alpha value is -1.39. The Labute approximate surface area is 123 Å². The van der Waals surface area contributed by atoms with Crippen molar-refractivity contribution >= 4 is 11.4 Å². The highest BCUT2D eigenvalue weighted by Crippen LogP contribution is 2.41. The van der Waals surface area contributed by atoms with Gasteiger partial charge in [-0.2, -0.15) is 13.2 Å². The lowest BCUT2D eigenvalue weighted by Crippen LogP contribution is -2.47. The molecule has 1 saturated carbocycles. The highest BCUT2D eigenvalue weighted by atomic mass is 19.4. The van der Waals surface area contributed by atoms with Crippen LogP contribution in [0.25, 0.3) is 0 Å². The zero-order valence-electron chi connectivity index (χ0n) is 12.0. The second-order valence-corrected chi connectivity index (χ2v) is 6.22. The third-order valence-corrected chi connectivity index (χ3v) is 4.91. The Morgan fingerprint density at radius 2 is 1.76 bits per heavy atom. The number of nitrogens with two attached hydrogens (primary N) is 1. The molecule has 5 heteroatoms. The molecule has 2 N–H and O–H groups in total. The first kappa shape index (κ1) is 14.5. The van der Waals surface area contributed by atoms with Gasteiger partial charge in [0.05, 0.1) is 16.9 Å². The van der Waals surface area contributed by atoms with Crippen LogP contribution in [-0.2, 0) is 6.18 Å². The van der Waals surface area contributed by atoms with Crippen LogP contribution in [0, 0.1) is 5.92 Å². The van der Waals surface area contributed by atoms with Crippen LogP contribution in [0.4, 0.5) is 24.5 Å². The monoisotopic (exact) mass is 298 g/mol. The molecule has 1 saturated heterocycles. The fourth-order valence-corrected chi connectivity index (χ4v) is 3.92. The first-order valence-corrected chi connectivity index (χ1v) is 7.70. The van der Waals surface area contributed by atoms with Crippen LogP contribution < -0.4 is 10.6 Å². The first-order valence-electron chi connectivity index (χ1n) is 7.70. The van der Waals surface area contributed by atoms with E-state index in [4.69, 9.17) is 5.73 Å². The van der Waals surface area contributed by atoms with E-state index in [9.17, 15) is 13.2 Å². The minimum absolute atomic E-state index is 0.246. The zero-order valence-corrected chi connectivity index (χ0v) is 12.0. The van der Waals surface area contributed by atoms with Gasteiger partial charge >= 0.3 is 6.18 Å². The van der Waals surface area contributed by atoms with Crippen LogP contribution in [0.5, 0.6) is 0 Å². The Bertz CT molecular complexity index is 511. The summed E-state index contributed by atoms with van der Waals surface area (Å²) in [6, 6.07) is 4.22. The van der Waals surface area contributed by atoms with Gasteiger partial charge in [-0.05, 0) is 49.8 Å². The van der Waals surface area contributed by atoms with Crippen LogP contribution in [0.1, 0.15) is 44.1 Å². The summed E-state index contributed by atoms with van der Waals surface area (Å²) >= 11 is 0. The number of hydrogen-bond acceptors (Lipinski definition) is 2. The number of alkyl halides is 3. The number of anilines is 2. The summed E-state index contributed by atoms with van der Waals surface area (Å²) in [6.45, 7) is 0.900. The molecule has 2 nitrogen and oxygen atoms in total. The molecule has 116 valence electrons. The molecule has 0 spiro atoms. The number of benzene rings is 1. The van der Waals surface area contributed by atoms with Gasteiger partial charge in [0.15, 0.2) is 0 Å². The first-order chi connectivity index (χ1) is 9.97. The van der Waals surface area contributed by atoms with Gasteiger partial charge in [-0.1, -0.05) is 12.8 Å². The molecule has 2 atom stereocenters. The van der Waals surface area contributed by atoms with E-state index < -0.39 is 11.7 Å². The summed E-state index contributed by atoms with van der Waals surface area (Å²) in [4.78, 5) is 2.25. The Morgan fingerprint density at radius 1 is 1.05 bits per heavy atom. The quantitative estimate of drug-likeness (QED) is 0.776. The summed E-state index contributed by atoms with van der Waals surface area (Å²) in [7, 11) is 0. The molecule has 1 aromatic rings. The molecule has 1 heterocycles.